The van der Waals surface area contributed by atoms with Crippen molar-refractivity contribution in [1.82, 2.24) is 0 Å². The van der Waals surface area contributed by atoms with Crippen LogP contribution in [0.15, 0.2) is 54.6 Å². The third kappa shape index (κ3) is 3.72. The zero-order valence-electron chi connectivity index (χ0n) is 21.9. The normalized spacial score (nSPS) is 31.9. The largest absolute Gasteiger partial charge is 0.494 e. The van der Waals surface area contributed by atoms with Crippen molar-refractivity contribution in [3.05, 3.63) is 60.2 Å². The number of nitrogens with zero attached hydrogens (tertiary/aromatic N) is 2. The molecule has 0 radical (unpaired) electrons. The van der Waals surface area contributed by atoms with E-state index in [1.165, 1.54) is 4.90 Å². The van der Waals surface area contributed by atoms with Gasteiger partial charge in [0.2, 0.25) is 17.7 Å². The van der Waals surface area contributed by atoms with Crippen molar-refractivity contribution in [3.8, 4) is 11.5 Å². The molecule has 0 N–H and O–H groups in total. The highest BCUT2D eigenvalue weighted by molar-refractivity contribution is 6.23. The number of ether oxygens (including phenoxy) is 2. The molecule has 2 aromatic carbocycles. The Kier molecular flexibility index (Phi) is 5.44. The van der Waals surface area contributed by atoms with Crippen LogP contribution < -0.4 is 19.3 Å². The molecule has 200 valence electrons. The molecule has 7 atom stereocenters. The Bertz CT molecular complexity index is 1400. The molecule has 2 saturated carbocycles. The van der Waals surface area contributed by atoms with Gasteiger partial charge < -0.3 is 14.4 Å². The summed E-state index contributed by atoms with van der Waals surface area (Å²) in [5.41, 5.74) is 1.94. The van der Waals surface area contributed by atoms with Gasteiger partial charge in [0.05, 0.1) is 30.0 Å². The summed E-state index contributed by atoms with van der Waals surface area (Å²) < 4.78 is 11.1. The summed E-state index contributed by atoms with van der Waals surface area (Å²) in [6.45, 7) is 4.51. The van der Waals surface area contributed by atoms with Crippen LogP contribution in [0.4, 0.5) is 11.4 Å². The molecule has 3 amide bonds. The van der Waals surface area contributed by atoms with Gasteiger partial charge in [-0.05, 0) is 92.0 Å². The van der Waals surface area contributed by atoms with E-state index in [0.29, 0.717) is 41.1 Å². The van der Waals surface area contributed by atoms with Gasteiger partial charge in [-0.2, -0.15) is 0 Å². The van der Waals surface area contributed by atoms with Crippen LogP contribution in [-0.2, 0) is 19.2 Å². The SMILES string of the molecule is CCOc1ccc(N2C[C@H](C(=O)Oc3ccc(N4C(=O)[C@@H]5[C@H]6C=C[C@@H]([C@@H]7C[C@@H]67)[C@@H]5C4=O)c(C)c3)CC2=O)cc1. The van der Waals surface area contributed by atoms with E-state index in [2.05, 4.69) is 12.2 Å². The molecule has 8 nitrogen and oxygen atoms in total. The number of carbonyl (C=O) groups is 4. The van der Waals surface area contributed by atoms with Crippen molar-refractivity contribution in [2.75, 3.05) is 23.0 Å². The molecular weight excluding hydrogens is 496 g/mol. The van der Waals surface area contributed by atoms with Crippen LogP contribution in [0.1, 0.15) is 25.3 Å². The molecule has 2 aliphatic heterocycles. The van der Waals surface area contributed by atoms with Gasteiger partial charge in [-0.3, -0.25) is 19.2 Å². The summed E-state index contributed by atoms with van der Waals surface area (Å²) in [7, 11) is 0. The molecule has 2 aromatic rings. The standard InChI is InChI=1S/C31H30N2O6/c1-3-38-19-6-4-18(5-7-19)32-15-17(13-26(32)34)31(37)39-20-8-11-25(16(2)12-20)33-29(35)27-21-9-10-22(24-14-23(21)24)28(27)30(33)36/h4-12,17,21-24,27-28H,3,13-15H2,1-2H3/t17-,21+,22+,23+,24+,27-,28+/m1/s1. The first-order chi connectivity index (χ1) is 18.9. The van der Waals surface area contributed by atoms with Crippen LogP contribution in [-0.4, -0.2) is 36.8 Å². The van der Waals surface area contributed by atoms with E-state index in [4.69, 9.17) is 9.47 Å². The van der Waals surface area contributed by atoms with Gasteiger partial charge in [0.1, 0.15) is 11.5 Å². The number of aryl methyl sites for hydroxylation is 1. The predicted molar refractivity (Wildman–Crippen MR) is 142 cm³/mol. The number of benzene rings is 2. The van der Waals surface area contributed by atoms with Crippen LogP contribution in [0.25, 0.3) is 0 Å². The smallest absolute Gasteiger partial charge is 0.316 e. The fraction of sp³-hybridized carbons (Fsp3) is 0.419. The maximum absolute atomic E-state index is 13.5. The highest BCUT2D eigenvalue weighted by Gasteiger charge is 2.67. The third-order valence-electron chi connectivity index (χ3n) is 9.21. The second kappa shape index (κ2) is 8.79. The number of allylic oxidation sites excluding steroid dienone is 2. The van der Waals surface area contributed by atoms with Crippen LogP contribution in [0.2, 0.25) is 0 Å². The predicted octanol–water partition coefficient (Wildman–Crippen LogP) is 3.91. The quantitative estimate of drug-likeness (QED) is 0.245. The minimum atomic E-state index is -0.594. The van der Waals surface area contributed by atoms with E-state index in [9.17, 15) is 19.2 Å². The number of anilines is 2. The lowest BCUT2D eigenvalue weighted by atomic mass is 9.63. The number of hydrogen-bond donors (Lipinski definition) is 0. The summed E-state index contributed by atoms with van der Waals surface area (Å²) in [5, 5.41) is 0. The van der Waals surface area contributed by atoms with E-state index in [0.717, 1.165) is 12.2 Å². The van der Waals surface area contributed by atoms with Crippen molar-refractivity contribution >= 4 is 35.1 Å². The number of rotatable bonds is 6. The first kappa shape index (κ1) is 24.1. The van der Waals surface area contributed by atoms with Crippen LogP contribution in [0.3, 0.4) is 0 Å². The molecule has 2 saturated heterocycles. The lowest BCUT2D eigenvalue weighted by Crippen LogP contribution is -2.40. The molecule has 8 rings (SSSR count). The van der Waals surface area contributed by atoms with Crippen LogP contribution in [0, 0.1) is 48.3 Å². The maximum Gasteiger partial charge on any atom is 0.316 e. The van der Waals surface area contributed by atoms with Crippen LogP contribution >= 0.6 is 0 Å². The molecule has 2 bridgehead atoms. The van der Waals surface area contributed by atoms with Crippen molar-refractivity contribution in [2.45, 2.75) is 26.7 Å². The number of amides is 3. The molecule has 4 fully saturated rings. The first-order valence-corrected chi connectivity index (χ1v) is 13.8. The minimum Gasteiger partial charge on any atom is -0.494 e. The lowest BCUT2D eigenvalue weighted by molar-refractivity contribution is -0.139. The highest BCUT2D eigenvalue weighted by atomic mass is 16.5. The maximum atomic E-state index is 13.5. The van der Waals surface area contributed by atoms with Gasteiger partial charge in [0, 0.05) is 18.7 Å². The monoisotopic (exact) mass is 526 g/mol. The Morgan fingerprint density at radius 2 is 1.56 bits per heavy atom. The minimum absolute atomic E-state index is 0.0705. The summed E-state index contributed by atoms with van der Waals surface area (Å²) in [6.07, 6.45) is 5.52. The van der Waals surface area contributed by atoms with Crippen LogP contribution in [0.5, 0.6) is 11.5 Å². The zero-order chi connectivity index (χ0) is 27.0. The third-order valence-corrected chi connectivity index (χ3v) is 9.21. The Balaban J connectivity index is 1.04. The number of imide groups is 1. The first-order valence-electron chi connectivity index (χ1n) is 13.8. The topological polar surface area (TPSA) is 93.2 Å². The fourth-order valence-corrected chi connectivity index (χ4v) is 7.34. The molecule has 2 heterocycles. The molecular formula is C31H30N2O6. The Morgan fingerprint density at radius 3 is 2.18 bits per heavy atom. The summed E-state index contributed by atoms with van der Waals surface area (Å²) in [6, 6.07) is 12.2. The number of hydrogen-bond acceptors (Lipinski definition) is 6. The summed E-state index contributed by atoms with van der Waals surface area (Å²) >= 11 is 0. The molecule has 6 aliphatic rings. The Hall–Kier alpha value is -3.94. The Labute approximate surface area is 226 Å². The lowest BCUT2D eigenvalue weighted by Gasteiger charge is -2.37. The summed E-state index contributed by atoms with van der Waals surface area (Å²) in [4.78, 5) is 55.5. The van der Waals surface area contributed by atoms with Gasteiger partial charge in [0.25, 0.3) is 0 Å². The molecule has 0 unspecified atom stereocenters. The van der Waals surface area contributed by atoms with E-state index in [1.807, 2.05) is 13.8 Å². The van der Waals surface area contributed by atoms with E-state index < -0.39 is 11.9 Å². The molecule has 0 spiro atoms. The van der Waals surface area contributed by atoms with E-state index >= 15 is 0 Å². The van der Waals surface area contributed by atoms with Gasteiger partial charge in [-0.15, -0.1) is 0 Å². The Morgan fingerprint density at radius 1 is 0.923 bits per heavy atom. The molecule has 0 aromatic heterocycles. The zero-order valence-corrected chi connectivity index (χ0v) is 21.9. The van der Waals surface area contributed by atoms with Crippen molar-refractivity contribution in [2.24, 2.45) is 41.4 Å². The average Bonchev–Trinajstić information content (AvgIpc) is 3.61. The van der Waals surface area contributed by atoms with Gasteiger partial charge in [-0.1, -0.05) is 12.2 Å². The highest BCUT2D eigenvalue weighted by Crippen LogP contribution is 2.65. The van der Waals surface area contributed by atoms with Gasteiger partial charge >= 0.3 is 5.97 Å². The molecule has 8 heteroatoms. The van der Waals surface area contributed by atoms with Crippen molar-refractivity contribution < 1.29 is 28.7 Å². The van der Waals surface area contributed by atoms with Crippen molar-refractivity contribution in [1.29, 1.82) is 0 Å². The number of esters is 1. The van der Waals surface area contributed by atoms with Crippen molar-refractivity contribution in [3.63, 3.8) is 0 Å². The van der Waals surface area contributed by atoms with E-state index in [1.54, 1.807) is 47.4 Å². The number of carbonyl (C=O) groups excluding carboxylic acids is 4. The molecule has 4 aliphatic carbocycles. The second-order valence-corrected chi connectivity index (χ2v) is 11.4. The van der Waals surface area contributed by atoms with Gasteiger partial charge in [-0.25, -0.2) is 4.90 Å². The fourth-order valence-electron chi connectivity index (χ4n) is 7.34. The molecule has 39 heavy (non-hydrogen) atoms. The van der Waals surface area contributed by atoms with E-state index in [-0.39, 0.29) is 54.4 Å². The van der Waals surface area contributed by atoms with Gasteiger partial charge in [0.15, 0.2) is 0 Å². The second-order valence-electron chi connectivity index (χ2n) is 11.4. The summed E-state index contributed by atoms with van der Waals surface area (Å²) in [5.74, 6) is 0.538. The average molecular weight is 527 g/mol.